The lowest BCUT2D eigenvalue weighted by Crippen LogP contribution is -1.99. The van der Waals surface area contributed by atoms with Gasteiger partial charge in [-0.15, -0.1) is 0 Å². The molecule has 0 aromatic rings. The number of ether oxygens (including phenoxy) is 1. The lowest BCUT2D eigenvalue weighted by Gasteiger charge is -2.00. The maximum absolute atomic E-state index is 11.2. The minimum absolute atomic E-state index is 0.0307. The van der Waals surface area contributed by atoms with Gasteiger partial charge in [-0.3, -0.25) is 0 Å². The molecule has 1 N–H and O–H groups in total. The Balaban J connectivity index is 3.00. The van der Waals surface area contributed by atoms with Crippen LogP contribution in [-0.2, 0) is 4.74 Å². The van der Waals surface area contributed by atoms with Gasteiger partial charge in [0.25, 0.3) is 0 Å². The van der Waals surface area contributed by atoms with E-state index in [1.165, 1.54) is 0 Å². The maximum Gasteiger partial charge on any atom is 0.250 e. The van der Waals surface area contributed by atoms with Crippen LogP contribution < -0.4 is 0 Å². The number of aliphatic hydroxyl groups excluding tert-OH is 1. The van der Waals surface area contributed by atoms with Crippen LogP contribution in [0.3, 0.4) is 0 Å². The third-order valence-electron chi connectivity index (χ3n) is 0.619. The largest absolute Gasteiger partial charge is 0.541 e. The molecular weight excluding hydrogens is 129 g/mol. The molecule has 0 radical (unpaired) electrons. The van der Waals surface area contributed by atoms with E-state index < -0.39 is 6.91 Å². The average Bonchev–Trinajstić information content (AvgIpc) is 1.80. The molecule has 0 unspecified atom stereocenters. The molecule has 0 aromatic heterocycles. The summed E-state index contributed by atoms with van der Waals surface area (Å²) in [6.07, 6.45) is 0.846. The molecule has 54 valence electrons. The molecule has 2 nitrogen and oxygen atoms in total. The van der Waals surface area contributed by atoms with E-state index in [1.807, 2.05) is 0 Å². The third-order valence-corrected chi connectivity index (χ3v) is 0.619. The number of rotatable bonds is 4. The van der Waals surface area contributed by atoms with Crippen molar-refractivity contribution in [1.82, 2.24) is 0 Å². The molecule has 0 heterocycles. The van der Waals surface area contributed by atoms with Crippen molar-refractivity contribution < 1.29 is 18.5 Å². The minimum atomic E-state index is -2.52. The summed E-state index contributed by atoms with van der Waals surface area (Å²) in [6.45, 7) is -2.40. The van der Waals surface area contributed by atoms with Crippen molar-refractivity contribution in [3.05, 3.63) is 0 Å². The van der Waals surface area contributed by atoms with Crippen LogP contribution in [0.5, 0.6) is 0 Å². The van der Waals surface area contributed by atoms with Crippen LogP contribution in [-0.4, -0.2) is 31.4 Å². The topological polar surface area (TPSA) is 29.5 Å². The van der Waals surface area contributed by atoms with Crippen LogP contribution in [0.4, 0.5) is 8.63 Å². The summed E-state index contributed by atoms with van der Waals surface area (Å²) in [6, 6.07) is 0. The van der Waals surface area contributed by atoms with E-state index in [0.717, 1.165) is 0 Å². The Morgan fingerprint density at radius 1 is 1.56 bits per heavy atom. The van der Waals surface area contributed by atoms with E-state index in [1.54, 1.807) is 0 Å². The van der Waals surface area contributed by atoms with E-state index in [0.29, 0.717) is 12.6 Å². The van der Waals surface area contributed by atoms with Crippen molar-refractivity contribution in [1.29, 1.82) is 0 Å². The molecule has 0 amide bonds. The summed E-state index contributed by atoms with van der Waals surface area (Å²) < 4.78 is 26.7. The second-order valence-electron chi connectivity index (χ2n) is 1.42. The van der Waals surface area contributed by atoms with E-state index in [2.05, 4.69) is 4.74 Å². The van der Waals surface area contributed by atoms with Gasteiger partial charge in [0, 0.05) is 13.0 Å². The zero-order valence-electron chi connectivity index (χ0n) is 4.89. The fourth-order valence-corrected chi connectivity index (χ4v) is 0.289. The Hall–Kier alpha value is -0.445. The number of hydrogen-bond acceptors (Lipinski definition) is 2. The lowest BCUT2D eigenvalue weighted by molar-refractivity contribution is 0.234. The molecule has 0 saturated heterocycles. The van der Waals surface area contributed by atoms with Gasteiger partial charge in [-0.1, -0.05) is 6.15 Å². The molecule has 0 bridgehead atoms. The fraction of sp³-hybridized carbons (Fsp3) is 0.750. The van der Waals surface area contributed by atoms with Gasteiger partial charge in [-0.2, -0.15) is 0 Å². The van der Waals surface area contributed by atoms with Crippen molar-refractivity contribution in [2.24, 2.45) is 0 Å². The van der Waals surface area contributed by atoms with Gasteiger partial charge in [-0.05, 0) is 0 Å². The number of hydrogen-bond donors (Lipinski definition) is 1. The fourth-order valence-electron chi connectivity index (χ4n) is 0.289. The highest BCUT2D eigenvalue weighted by molar-refractivity contribution is 6.51. The van der Waals surface area contributed by atoms with Crippen molar-refractivity contribution in [2.45, 2.75) is 6.42 Å². The Kier molecular flexibility index (Phi) is 5.41. The Bertz CT molecular complexity index is 92.6. The summed E-state index contributed by atoms with van der Waals surface area (Å²) in [7, 11) is 0. The first-order chi connectivity index (χ1) is 4.27. The van der Waals surface area contributed by atoms with Gasteiger partial charge in [0.05, 0.1) is 6.61 Å². The summed E-state index contributed by atoms with van der Waals surface area (Å²) in [5.74, 6) is 0. The number of halogens is 2. The van der Waals surface area contributed by atoms with E-state index in [9.17, 15) is 8.63 Å². The van der Waals surface area contributed by atoms with Gasteiger partial charge in [0.15, 0.2) is 0 Å². The summed E-state index contributed by atoms with van der Waals surface area (Å²) in [5.41, 5.74) is 0. The van der Waals surface area contributed by atoms with Crippen LogP contribution in [0.1, 0.15) is 6.42 Å². The van der Waals surface area contributed by atoms with Gasteiger partial charge >= 0.3 is 0 Å². The Labute approximate surface area is 52.3 Å². The molecule has 0 aliphatic heterocycles. The van der Waals surface area contributed by atoms with E-state index >= 15 is 0 Å². The normalized spacial score (nSPS) is 8.78. The molecule has 0 aromatic carbocycles. The van der Waals surface area contributed by atoms with Crippen LogP contribution in [0, 0.1) is 0 Å². The first-order valence-corrected chi connectivity index (χ1v) is 2.61. The molecule has 0 fully saturated rings. The van der Waals surface area contributed by atoms with Crippen LogP contribution in [0.25, 0.3) is 0 Å². The highest BCUT2D eigenvalue weighted by atomic mass is 19.2. The quantitative estimate of drug-likeness (QED) is 0.441. The van der Waals surface area contributed by atoms with Gasteiger partial charge in [0.1, 0.15) is 0 Å². The van der Waals surface area contributed by atoms with Crippen molar-refractivity contribution in [3.8, 4) is 0 Å². The Morgan fingerprint density at radius 3 is 2.67 bits per heavy atom. The molecule has 0 saturated carbocycles. The molecule has 5 heteroatoms. The zero-order chi connectivity index (χ0) is 7.11. The van der Waals surface area contributed by atoms with E-state index in [-0.39, 0.29) is 13.2 Å². The number of aliphatic hydroxyl groups is 1. The minimum Gasteiger partial charge on any atom is -0.541 e. The predicted octanol–water partition coefficient (Wildman–Crippen LogP) is 0.154. The molecule has 0 spiro atoms. The van der Waals surface area contributed by atoms with Gasteiger partial charge in [-0.25, -0.2) is 0 Å². The van der Waals surface area contributed by atoms with Crippen molar-refractivity contribution in [3.63, 3.8) is 0 Å². The molecule has 0 rings (SSSR count). The lowest BCUT2D eigenvalue weighted by atomic mass is 10.3. The van der Waals surface area contributed by atoms with Crippen LogP contribution in [0.15, 0.2) is 0 Å². The summed E-state index contributed by atoms with van der Waals surface area (Å²) in [5, 5.41) is 8.15. The SMILES string of the molecule is OCCCOC=[B-](F)F. The Morgan fingerprint density at radius 2 is 2.22 bits per heavy atom. The predicted molar refractivity (Wildman–Crippen MR) is 31.7 cm³/mol. The highest BCUT2D eigenvalue weighted by Crippen LogP contribution is 1.78. The summed E-state index contributed by atoms with van der Waals surface area (Å²) >= 11 is 0. The average molecular weight is 137 g/mol. The van der Waals surface area contributed by atoms with Crippen molar-refractivity contribution >= 4 is 13.1 Å². The second kappa shape index (κ2) is 5.69. The van der Waals surface area contributed by atoms with Gasteiger partial charge < -0.3 is 18.5 Å². The highest BCUT2D eigenvalue weighted by Gasteiger charge is 1.79. The van der Waals surface area contributed by atoms with Gasteiger partial charge in [0.2, 0.25) is 6.91 Å². The zero-order valence-corrected chi connectivity index (χ0v) is 4.89. The molecule has 0 atom stereocenters. The first kappa shape index (κ1) is 8.55. The molecule has 0 aliphatic rings. The van der Waals surface area contributed by atoms with Crippen LogP contribution in [0.2, 0.25) is 0 Å². The molecule has 0 aliphatic carbocycles. The summed E-state index contributed by atoms with van der Waals surface area (Å²) in [4.78, 5) is 0. The smallest absolute Gasteiger partial charge is 0.250 e. The molecular formula is C4H8BF2O2-. The maximum atomic E-state index is 11.2. The standard InChI is InChI=1S/C4H8BF2O2/c6-5(7)4-9-3-1-2-8/h4,8H,1-3H2/q-1. The third kappa shape index (κ3) is 7.55. The van der Waals surface area contributed by atoms with E-state index in [4.69, 9.17) is 5.11 Å². The van der Waals surface area contributed by atoms with Crippen LogP contribution >= 0.6 is 0 Å². The second-order valence-corrected chi connectivity index (χ2v) is 1.42. The molecule has 9 heavy (non-hydrogen) atoms. The van der Waals surface area contributed by atoms with Crippen molar-refractivity contribution in [2.75, 3.05) is 13.2 Å². The first-order valence-electron chi connectivity index (χ1n) is 2.61. The monoisotopic (exact) mass is 137 g/mol.